The van der Waals surface area contributed by atoms with Gasteiger partial charge in [-0.25, -0.2) is 0 Å². The molecule has 0 amide bonds. The summed E-state index contributed by atoms with van der Waals surface area (Å²) in [6.45, 7) is 3.30. The lowest BCUT2D eigenvalue weighted by Gasteiger charge is -2.02. The second kappa shape index (κ2) is 6.92. The predicted molar refractivity (Wildman–Crippen MR) is 63.0 cm³/mol. The summed E-state index contributed by atoms with van der Waals surface area (Å²) in [6.07, 6.45) is 1.06. The van der Waals surface area contributed by atoms with Crippen molar-refractivity contribution in [2.45, 2.75) is 13.3 Å². The van der Waals surface area contributed by atoms with Gasteiger partial charge in [-0.2, -0.15) is 0 Å². The summed E-state index contributed by atoms with van der Waals surface area (Å²) in [6, 6.07) is 8.13. The minimum Gasteiger partial charge on any atom is -0.481 e. The van der Waals surface area contributed by atoms with E-state index < -0.39 is 0 Å². The Labute approximate surface area is 91.6 Å². The van der Waals surface area contributed by atoms with Gasteiger partial charge in [0, 0.05) is 0 Å². The van der Waals surface area contributed by atoms with Crippen LogP contribution in [0.5, 0.6) is 5.75 Å². The summed E-state index contributed by atoms with van der Waals surface area (Å²) in [5.41, 5.74) is 1.32. The van der Waals surface area contributed by atoms with Crippen LogP contribution in [0.3, 0.4) is 0 Å². The number of benzene rings is 1. The van der Waals surface area contributed by atoms with Crippen LogP contribution in [0.4, 0.5) is 0 Å². The molecular formula is C13H17NO. The molecule has 2 heteroatoms. The van der Waals surface area contributed by atoms with Crippen molar-refractivity contribution in [1.29, 1.82) is 0 Å². The molecule has 0 aliphatic heterocycles. The minimum absolute atomic E-state index is 0.452. The largest absolute Gasteiger partial charge is 0.481 e. The molecular weight excluding hydrogens is 186 g/mol. The summed E-state index contributed by atoms with van der Waals surface area (Å²) in [7, 11) is 1.87. The lowest BCUT2D eigenvalue weighted by Crippen LogP contribution is -2.05. The van der Waals surface area contributed by atoms with Gasteiger partial charge in [-0.15, -0.1) is 0 Å². The Morgan fingerprint density at radius 2 is 1.93 bits per heavy atom. The van der Waals surface area contributed by atoms with Crippen LogP contribution in [0.25, 0.3) is 0 Å². The first-order chi connectivity index (χ1) is 7.36. The van der Waals surface area contributed by atoms with Gasteiger partial charge in [-0.3, -0.25) is 0 Å². The van der Waals surface area contributed by atoms with Crippen molar-refractivity contribution in [2.24, 2.45) is 0 Å². The van der Waals surface area contributed by atoms with Crippen molar-refractivity contribution in [3.05, 3.63) is 29.8 Å². The summed E-state index contributed by atoms with van der Waals surface area (Å²) in [5, 5.41) is 2.95. The van der Waals surface area contributed by atoms with Crippen LogP contribution in [0, 0.1) is 11.8 Å². The second-order valence-electron chi connectivity index (χ2n) is 3.17. The third-order valence-electron chi connectivity index (χ3n) is 2.03. The van der Waals surface area contributed by atoms with Crippen molar-refractivity contribution in [1.82, 2.24) is 5.32 Å². The van der Waals surface area contributed by atoms with Crippen molar-refractivity contribution in [2.75, 3.05) is 20.2 Å². The molecule has 0 aliphatic carbocycles. The molecule has 1 N–H and O–H groups in total. The van der Waals surface area contributed by atoms with Crippen LogP contribution in [0.1, 0.15) is 12.5 Å². The number of rotatable bonds is 4. The van der Waals surface area contributed by atoms with E-state index in [9.17, 15) is 0 Å². The van der Waals surface area contributed by atoms with Crippen LogP contribution >= 0.6 is 0 Å². The van der Waals surface area contributed by atoms with Gasteiger partial charge >= 0.3 is 0 Å². The van der Waals surface area contributed by atoms with Gasteiger partial charge in [-0.05, 0) is 31.2 Å². The molecule has 0 bridgehead atoms. The number of nitrogens with one attached hydrogen (secondary N) is 1. The van der Waals surface area contributed by atoms with Crippen molar-refractivity contribution in [3.8, 4) is 17.6 Å². The second-order valence-corrected chi connectivity index (χ2v) is 3.17. The van der Waals surface area contributed by atoms with Gasteiger partial charge in [0.25, 0.3) is 0 Å². The standard InChI is InChI=1S/C13H17NO/c1-3-12-6-8-13(9-7-12)15-11-5-4-10-14-2/h6-9,14H,3,10-11H2,1-2H3. The first-order valence-corrected chi connectivity index (χ1v) is 5.19. The fourth-order valence-electron chi connectivity index (χ4n) is 1.14. The molecule has 0 saturated heterocycles. The smallest absolute Gasteiger partial charge is 0.149 e. The van der Waals surface area contributed by atoms with Gasteiger partial charge in [0.05, 0.1) is 6.54 Å². The van der Waals surface area contributed by atoms with Crippen LogP contribution in [-0.4, -0.2) is 20.2 Å². The lowest BCUT2D eigenvalue weighted by molar-refractivity contribution is 0.370. The highest BCUT2D eigenvalue weighted by Crippen LogP contribution is 2.11. The van der Waals surface area contributed by atoms with E-state index in [1.54, 1.807) is 0 Å². The van der Waals surface area contributed by atoms with Gasteiger partial charge in [0.15, 0.2) is 0 Å². The van der Waals surface area contributed by atoms with E-state index in [0.717, 1.165) is 12.2 Å². The molecule has 0 heterocycles. The Morgan fingerprint density at radius 3 is 2.53 bits per heavy atom. The molecule has 1 aromatic carbocycles. The fraction of sp³-hybridized carbons (Fsp3) is 0.385. The van der Waals surface area contributed by atoms with E-state index in [1.807, 2.05) is 19.2 Å². The van der Waals surface area contributed by atoms with Crippen LogP contribution < -0.4 is 10.1 Å². The summed E-state index contributed by atoms with van der Waals surface area (Å²) >= 11 is 0. The van der Waals surface area contributed by atoms with E-state index in [0.29, 0.717) is 13.2 Å². The average Bonchev–Trinajstić information content (AvgIpc) is 2.30. The molecule has 0 spiro atoms. The average molecular weight is 203 g/mol. The summed E-state index contributed by atoms with van der Waals surface area (Å²) < 4.78 is 5.45. The fourth-order valence-corrected chi connectivity index (χ4v) is 1.14. The zero-order valence-electron chi connectivity index (χ0n) is 9.34. The van der Waals surface area contributed by atoms with Gasteiger partial charge in [0.2, 0.25) is 0 Å². The lowest BCUT2D eigenvalue weighted by atomic mass is 10.2. The number of ether oxygens (including phenoxy) is 1. The normalized spacial score (nSPS) is 9.20. The Hall–Kier alpha value is -1.46. The molecule has 0 saturated carbocycles. The Morgan fingerprint density at radius 1 is 1.20 bits per heavy atom. The highest BCUT2D eigenvalue weighted by molar-refractivity contribution is 5.27. The minimum atomic E-state index is 0.452. The maximum Gasteiger partial charge on any atom is 0.149 e. The number of hydrogen-bond donors (Lipinski definition) is 1. The topological polar surface area (TPSA) is 21.3 Å². The van der Waals surface area contributed by atoms with E-state index in [4.69, 9.17) is 4.74 Å². The molecule has 0 fully saturated rings. The van der Waals surface area contributed by atoms with Crippen LogP contribution in [0.2, 0.25) is 0 Å². The maximum atomic E-state index is 5.45. The first kappa shape index (κ1) is 11.6. The van der Waals surface area contributed by atoms with E-state index >= 15 is 0 Å². The Kier molecular flexibility index (Phi) is 5.35. The summed E-state index contributed by atoms with van der Waals surface area (Å²) in [4.78, 5) is 0. The van der Waals surface area contributed by atoms with Crippen molar-refractivity contribution < 1.29 is 4.74 Å². The van der Waals surface area contributed by atoms with Gasteiger partial charge < -0.3 is 10.1 Å². The third-order valence-corrected chi connectivity index (χ3v) is 2.03. The van der Waals surface area contributed by atoms with Crippen LogP contribution in [0.15, 0.2) is 24.3 Å². The molecule has 0 radical (unpaired) electrons. The summed E-state index contributed by atoms with van der Waals surface area (Å²) in [5.74, 6) is 6.75. The molecule has 2 nitrogen and oxygen atoms in total. The quantitative estimate of drug-likeness (QED) is 0.754. The van der Waals surface area contributed by atoms with E-state index in [-0.39, 0.29) is 0 Å². The SMILES string of the molecule is CCc1ccc(OCC#CCNC)cc1. The van der Waals surface area contributed by atoms with E-state index in [1.165, 1.54) is 5.56 Å². The van der Waals surface area contributed by atoms with Crippen molar-refractivity contribution >= 4 is 0 Å². The Balaban J connectivity index is 2.35. The highest BCUT2D eigenvalue weighted by Gasteiger charge is 1.91. The van der Waals surface area contributed by atoms with Gasteiger partial charge in [-0.1, -0.05) is 30.9 Å². The Bertz CT molecular complexity index is 332. The third kappa shape index (κ3) is 4.53. The first-order valence-electron chi connectivity index (χ1n) is 5.19. The molecule has 80 valence electrons. The maximum absolute atomic E-state index is 5.45. The monoisotopic (exact) mass is 203 g/mol. The zero-order chi connectivity index (χ0) is 10.9. The molecule has 0 aromatic heterocycles. The molecule has 0 aliphatic rings. The van der Waals surface area contributed by atoms with E-state index in [2.05, 4.69) is 36.2 Å². The molecule has 15 heavy (non-hydrogen) atoms. The zero-order valence-corrected chi connectivity index (χ0v) is 9.34. The molecule has 1 aromatic rings. The number of aryl methyl sites for hydroxylation is 1. The molecule has 0 atom stereocenters. The van der Waals surface area contributed by atoms with Crippen molar-refractivity contribution in [3.63, 3.8) is 0 Å². The highest BCUT2D eigenvalue weighted by atomic mass is 16.5. The van der Waals surface area contributed by atoms with Gasteiger partial charge in [0.1, 0.15) is 12.4 Å². The predicted octanol–water partition coefficient (Wildman–Crippen LogP) is 1.85. The van der Waals surface area contributed by atoms with Crippen LogP contribution in [-0.2, 0) is 6.42 Å². The molecule has 0 unspecified atom stereocenters. The number of hydrogen-bond acceptors (Lipinski definition) is 2. The molecule has 1 rings (SSSR count).